The maximum Gasteiger partial charge on any atom is 0.274 e. The van der Waals surface area contributed by atoms with E-state index in [2.05, 4.69) is 26.2 Å². The highest BCUT2D eigenvalue weighted by atomic mass is 16.5. The molecule has 4 rings (SSSR count). The van der Waals surface area contributed by atoms with E-state index in [1.54, 1.807) is 12.4 Å². The molecule has 0 saturated carbocycles. The molecule has 0 spiro atoms. The van der Waals surface area contributed by atoms with Gasteiger partial charge < -0.3 is 9.42 Å². The van der Waals surface area contributed by atoms with E-state index in [4.69, 9.17) is 4.52 Å². The lowest BCUT2D eigenvalue weighted by Crippen LogP contribution is -2.39. The van der Waals surface area contributed by atoms with Crippen LogP contribution < -0.4 is 0 Å². The van der Waals surface area contributed by atoms with Crippen LogP contribution in [0.5, 0.6) is 0 Å². The first-order valence-electron chi connectivity index (χ1n) is 9.08. The molecular formula is C20H21N5O2. The van der Waals surface area contributed by atoms with Crippen molar-refractivity contribution in [2.45, 2.75) is 32.6 Å². The van der Waals surface area contributed by atoms with E-state index >= 15 is 0 Å². The van der Waals surface area contributed by atoms with Gasteiger partial charge in [-0.2, -0.15) is 0 Å². The summed E-state index contributed by atoms with van der Waals surface area (Å²) in [5, 5.41) is 4.01. The molecule has 1 aliphatic heterocycles. The number of aryl methyl sites for hydroxylation is 2. The molecule has 1 amide bonds. The van der Waals surface area contributed by atoms with Crippen LogP contribution in [-0.4, -0.2) is 44.0 Å². The van der Waals surface area contributed by atoms with E-state index in [1.165, 1.54) is 6.20 Å². The number of likely N-dealkylation sites (tertiary alicyclic amines) is 1. The Morgan fingerprint density at radius 3 is 2.74 bits per heavy atom. The van der Waals surface area contributed by atoms with Crippen LogP contribution in [0.25, 0.3) is 11.1 Å². The molecule has 1 saturated heterocycles. The molecular weight excluding hydrogens is 342 g/mol. The summed E-state index contributed by atoms with van der Waals surface area (Å²) in [5.74, 6) is 0.943. The van der Waals surface area contributed by atoms with Crippen LogP contribution in [0.3, 0.4) is 0 Å². The first-order chi connectivity index (χ1) is 13.1. The normalized spacial score (nSPS) is 17.1. The fourth-order valence-corrected chi connectivity index (χ4v) is 3.66. The van der Waals surface area contributed by atoms with Gasteiger partial charge in [-0.1, -0.05) is 11.2 Å². The SMILES string of the molecule is Cc1noc(C)c1-c1ccc(C2CCCN(C(=O)c3cnccn3)C2)nc1. The number of carbonyl (C=O) groups is 1. The van der Waals surface area contributed by atoms with E-state index in [-0.39, 0.29) is 11.8 Å². The van der Waals surface area contributed by atoms with E-state index in [1.807, 2.05) is 31.0 Å². The Kier molecular flexibility index (Phi) is 4.66. The van der Waals surface area contributed by atoms with Crippen molar-refractivity contribution >= 4 is 5.91 Å². The Morgan fingerprint density at radius 2 is 2.07 bits per heavy atom. The Hall–Kier alpha value is -3.09. The van der Waals surface area contributed by atoms with Crippen molar-refractivity contribution in [3.05, 3.63) is 59.8 Å². The summed E-state index contributed by atoms with van der Waals surface area (Å²) in [6, 6.07) is 4.10. The molecule has 7 heteroatoms. The Labute approximate surface area is 157 Å². The van der Waals surface area contributed by atoms with Crippen LogP contribution in [0.15, 0.2) is 41.4 Å². The van der Waals surface area contributed by atoms with Gasteiger partial charge in [0.05, 0.1) is 11.9 Å². The molecule has 3 aromatic heterocycles. The average molecular weight is 363 g/mol. The van der Waals surface area contributed by atoms with E-state index in [0.29, 0.717) is 12.2 Å². The minimum absolute atomic E-state index is 0.0693. The zero-order valence-corrected chi connectivity index (χ0v) is 15.4. The van der Waals surface area contributed by atoms with Gasteiger partial charge in [0.2, 0.25) is 0 Å². The lowest BCUT2D eigenvalue weighted by atomic mass is 9.93. The van der Waals surface area contributed by atoms with Gasteiger partial charge in [-0.3, -0.25) is 14.8 Å². The summed E-state index contributed by atoms with van der Waals surface area (Å²) >= 11 is 0. The minimum atomic E-state index is -0.0693. The molecule has 0 radical (unpaired) electrons. The molecule has 0 bridgehead atoms. The van der Waals surface area contributed by atoms with Gasteiger partial charge in [-0.15, -0.1) is 0 Å². The van der Waals surface area contributed by atoms with Gasteiger partial charge in [-0.25, -0.2) is 4.98 Å². The predicted octanol–water partition coefficient (Wildman–Crippen LogP) is 3.16. The summed E-state index contributed by atoms with van der Waals surface area (Å²) in [4.78, 5) is 27.3. The third kappa shape index (κ3) is 3.45. The molecule has 1 unspecified atom stereocenters. The van der Waals surface area contributed by atoms with E-state index < -0.39 is 0 Å². The molecule has 0 N–H and O–H groups in total. The standard InChI is InChI=1S/C20H21N5O2/c1-13-19(14(2)27-24-13)15-5-6-17(23-10-15)16-4-3-9-25(12-16)20(26)18-11-21-7-8-22-18/h5-8,10-11,16H,3-4,9,12H2,1-2H3. The van der Waals surface area contributed by atoms with E-state index in [0.717, 1.165) is 47.7 Å². The molecule has 1 aliphatic rings. The summed E-state index contributed by atoms with van der Waals surface area (Å²) in [6.07, 6.45) is 8.46. The van der Waals surface area contributed by atoms with Crippen LogP contribution in [0.4, 0.5) is 0 Å². The van der Waals surface area contributed by atoms with Crippen LogP contribution in [-0.2, 0) is 0 Å². The highest BCUT2D eigenvalue weighted by Gasteiger charge is 2.27. The molecule has 0 aromatic carbocycles. The third-order valence-corrected chi connectivity index (χ3v) is 5.02. The summed E-state index contributed by atoms with van der Waals surface area (Å²) in [6.45, 7) is 5.22. The second-order valence-electron chi connectivity index (χ2n) is 6.85. The quantitative estimate of drug-likeness (QED) is 0.710. The molecule has 7 nitrogen and oxygen atoms in total. The molecule has 4 heterocycles. The van der Waals surface area contributed by atoms with Crippen molar-refractivity contribution in [3.8, 4) is 11.1 Å². The average Bonchev–Trinajstić information content (AvgIpc) is 3.06. The van der Waals surface area contributed by atoms with Gasteiger partial charge >= 0.3 is 0 Å². The van der Waals surface area contributed by atoms with Crippen molar-refractivity contribution in [2.75, 3.05) is 13.1 Å². The number of hydrogen-bond donors (Lipinski definition) is 0. The highest BCUT2D eigenvalue weighted by Crippen LogP contribution is 2.30. The molecule has 1 atom stereocenters. The third-order valence-electron chi connectivity index (χ3n) is 5.02. The topological polar surface area (TPSA) is 85.0 Å². The fraction of sp³-hybridized carbons (Fsp3) is 0.350. The smallest absolute Gasteiger partial charge is 0.274 e. The molecule has 3 aromatic rings. The lowest BCUT2D eigenvalue weighted by molar-refractivity contribution is 0.0699. The molecule has 0 aliphatic carbocycles. The fourth-order valence-electron chi connectivity index (χ4n) is 3.66. The first kappa shape index (κ1) is 17.3. The maximum absolute atomic E-state index is 12.6. The number of piperidine rings is 1. The van der Waals surface area contributed by atoms with Gasteiger partial charge in [0.1, 0.15) is 11.5 Å². The zero-order chi connectivity index (χ0) is 18.8. The van der Waals surface area contributed by atoms with Crippen LogP contribution in [0, 0.1) is 13.8 Å². The van der Waals surface area contributed by atoms with Gasteiger partial charge in [0.25, 0.3) is 5.91 Å². The zero-order valence-electron chi connectivity index (χ0n) is 15.4. The monoisotopic (exact) mass is 363 g/mol. The van der Waals surface area contributed by atoms with Crippen molar-refractivity contribution in [2.24, 2.45) is 0 Å². The molecule has 1 fully saturated rings. The second kappa shape index (κ2) is 7.26. The Morgan fingerprint density at radius 1 is 1.19 bits per heavy atom. The molecule has 138 valence electrons. The van der Waals surface area contributed by atoms with Crippen molar-refractivity contribution < 1.29 is 9.32 Å². The van der Waals surface area contributed by atoms with Crippen molar-refractivity contribution in [1.29, 1.82) is 0 Å². The summed E-state index contributed by atoms with van der Waals surface area (Å²) < 4.78 is 5.25. The Balaban J connectivity index is 1.51. The number of aromatic nitrogens is 4. The number of pyridine rings is 1. The Bertz CT molecular complexity index is 917. The van der Waals surface area contributed by atoms with Gasteiger partial charge in [0, 0.05) is 54.4 Å². The van der Waals surface area contributed by atoms with Crippen LogP contribution in [0.2, 0.25) is 0 Å². The lowest BCUT2D eigenvalue weighted by Gasteiger charge is -2.32. The van der Waals surface area contributed by atoms with Gasteiger partial charge in [-0.05, 0) is 32.8 Å². The van der Waals surface area contributed by atoms with Gasteiger partial charge in [0.15, 0.2) is 0 Å². The number of carbonyl (C=O) groups excluding carboxylic acids is 1. The predicted molar refractivity (Wildman–Crippen MR) is 99.1 cm³/mol. The minimum Gasteiger partial charge on any atom is -0.361 e. The largest absolute Gasteiger partial charge is 0.361 e. The number of rotatable bonds is 3. The highest BCUT2D eigenvalue weighted by molar-refractivity contribution is 5.92. The summed E-state index contributed by atoms with van der Waals surface area (Å²) in [5.41, 5.74) is 4.25. The molecule has 27 heavy (non-hydrogen) atoms. The van der Waals surface area contributed by atoms with Crippen LogP contribution in [0.1, 0.15) is 46.4 Å². The van der Waals surface area contributed by atoms with Crippen molar-refractivity contribution in [1.82, 2.24) is 25.0 Å². The van der Waals surface area contributed by atoms with Crippen LogP contribution >= 0.6 is 0 Å². The summed E-state index contributed by atoms with van der Waals surface area (Å²) in [7, 11) is 0. The number of nitrogens with zero attached hydrogens (tertiary/aromatic N) is 5. The maximum atomic E-state index is 12.6. The second-order valence-corrected chi connectivity index (χ2v) is 6.85. The number of amides is 1. The van der Waals surface area contributed by atoms with E-state index in [9.17, 15) is 4.79 Å². The number of hydrogen-bond acceptors (Lipinski definition) is 6. The first-order valence-corrected chi connectivity index (χ1v) is 9.08. The van der Waals surface area contributed by atoms with Crippen molar-refractivity contribution in [3.63, 3.8) is 0 Å².